The van der Waals surface area contributed by atoms with E-state index in [0.29, 0.717) is 6.42 Å². The van der Waals surface area contributed by atoms with Crippen molar-refractivity contribution in [2.75, 3.05) is 7.05 Å². The number of amides is 2. The lowest BCUT2D eigenvalue weighted by atomic mass is 10.0. The van der Waals surface area contributed by atoms with Crippen LogP contribution in [-0.4, -0.2) is 41.0 Å². The minimum atomic E-state index is -0.745. The van der Waals surface area contributed by atoms with Crippen molar-refractivity contribution in [3.05, 3.63) is 59.8 Å². The molecule has 27 heavy (non-hydrogen) atoms. The number of alkyl carbamates (subject to hydrolysis) is 1. The summed E-state index contributed by atoms with van der Waals surface area (Å²) in [6.07, 6.45) is 5.00. The lowest BCUT2D eigenvalue weighted by molar-refractivity contribution is -0.130. The van der Waals surface area contributed by atoms with E-state index in [1.807, 2.05) is 37.3 Å². The molecule has 1 aromatic rings. The number of hydrogen-bond donors (Lipinski definition) is 1. The molecule has 0 radical (unpaired) electrons. The van der Waals surface area contributed by atoms with Crippen LogP contribution in [0.15, 0.2) is 54.3 Å². The summed E-state index contributed by atoms with van der Waals surface area (Å²) in [6.45, 7) is 7.16. The predicted octanol–water partition coefficient (Wildman–Crippen LogP) is 4.04. The molecule has 0 unspecified atom stereocenters. The summed E-state index contributed by atoms with van der Waals surface area (Å²) in [4.78, 5) is 26.7. The van der Waals surface area contributed by atoms with E-state index in [2.05, 4.69) is 5.32 Å². The first-order valence-corrected chi connectivity index (χ1v) is 9.21. The minimum Gasteiger partial charge on any atom is -0.444 e. The lowest BCUT2D eigenvalue weighted by Crippen LogP contribution is -2.49. The third kappa shape index (κ3) is 8.64. The van der Waals surface area contributed by atoms with Crippen molar-refractivity contribution < 1.29 is 14.3 Å². The van der Waals surface area contributed by atoms with Crippen molar-refractivity contribution in [3.63, 3.8) is 0 Å². The Bertz CT molecular complexity index is 706. The van der Waals surface area contributed by atoms with Gasteiger partial charge >= 0.3 is 6.09 Å². The summed E-state index contributed by atoms with van der Waals surface area (Å²) in [5.74, 6) is -0.228. The Kier molecular flexibility index (Phi) is 8.88. The minimum absolute atomic E-state index is 0.228. The van der Waals surface area contributed by atoms with Gasteiger partial charge in [0, 0.05) is 24.5 Å². The van der Waals surface area contributed by atoms with E-state index in [-0.39, 0.29) is 5.91 Å². The Morgan fingerprint density at radius 2 is 1.85 bits per heavy atom. The van der Waals surface area contributed by atoms with Gasteiger partial charge in [0.1, 0.15) is 11.6 Å². The molecule has 0 aliphatic carbocycles. The molecule has 1 N–H and O–H groups in total. The van der Waals surface area contributed by atoms with E-state index in [1.165, 1.54) is 10.3 Å². The molecule has 0 aromatic heterocycles. The summed E-state index contributed by atoms with van der Waals surface area (Å²) in [5, 5.41) is 4.20. The maximum absolute atomic E-state index is 13.0. The average Bonchev–Trinajstić information content (AvgIpc) is 2.59. The first kappa shape index (κ1) is 22.6. The van der Waals surface area contributed by atoms with Gasteiger partial charge in [-0.05, 0) is 39.3 Å². The Hall–Kier alpha value is -2.47. The van der Waals surface area contributed by atoms with E-state index in [4.69, 9.17) is 17.0 Å². The lowest BCUT2D eigenvalue weighted by Gasteiger charge is -2.27. The van der Waals surface area contributed by atoms with E-state index in [1.54, 1.807) is 46.0 Å². The molecule has 1 atom stereocenters. The van der Waals surface area contributed by atoms with Gasteiger partial charge in [0.2, 0.25) is 5.91 Å². The molecule has 0 heterocycles. The SMILES string of the molecule is C/C(=C\C=C/C=S)N(C)C(=O)[C@H](Cc1ccccc1)NC(=O)OC(C)(C)C. The van der Waals surface area contributed by atoms with Gasteiger partial charge in [-0.3, -0.25) is 4.79 Å². The maximum Gasteiger partial charge on any atom is 0.408 e. The third-order valence-electron chi connectivity index (χ3n) is 3.66. The molecule has 0 aliphatic rings. The van der Waals surface area contributed by atoms with Crippen molar-refractivity contribution in [3.8, 4) is 0 Å². The molecule has 0 saturated carbocycles. The Balaban J connectivity index is 2.99. The molecular weight excluding hydrogens is 360 g/mol. The zero-order valence-corrected chi connectivity index (χ0v) is 17.4. The van der Waals surface area contributed by atoms with Crippen LogP contribution in [0.3, 0.4) is 0 Å². The maximum atomic E-state index is 13.0. The Morgan fingerprint density at radius 3 is 2.41 bits per heavy atom. The molecule has 0 aliphatic heterocycles. The smallest absolute Gasteiger partial charge is 0.408 e. The number of likely N-dealkylation sites (N-methyl/N-ethyl adjacent to an activating group) is 1. The monoisotopic (exact) mass is 388 g/mol. The van der Waals surface area contributed by atoms with Crippen LogP contribution in [0.4, 0.5) is 4.79 Å². The molecule has 146 valence electrons. The Morgan fingerprint density at radius 1 is 1.22 bits per heavy atom. The number of nitrogens with one attached hydrogen (secondary N) is 1. The van der Waals surface area contributed by atoms with Gasteiger partial charge in [-0.25, -0.2) is 4.79 Å². The zero-order valence-electron chi connectivity index (χ0n) is 16.6. The van der Waals surface area contributed by atoms with Gasteiger partial charge in [0.15, 0.2) is 0 Å². The van der Waals surface area contributed by atoms with E-state index >= 15 is 0 Å². The highest BCUT2D eigenvalue weighted by Crippen LogP contribution is 2.11. The van der Waals surface area contributed by atoms with Crippen LogP contribution >= 0.6 is 12.2 Å². The summed E-state index contributed by atoms with van der Waals surface area (Å²) in [6, 6.07) is 8.79. The van der Waals surface area contributed by atoms with Crippen molar-refractivity contribution in [1.82, 2.24) is 10.2 Å². The fraction of sp³-hybridized carbons (Fsp3) is 0.381. The normalized spacial score (nSPS) is 13.1. The number of thiocarbonyl (C=S) groups is 1. The number of hydrogen-bond acceptors (Lipinski definition) is 4. The topological polar surface area (TPSA) is 58.6 Å². The molecule has 2 amide bonds. The van der Waals surface area contributed by atoms with Crippen molar-refractivity contribution in [1.29, 1.82) is 0 Å². The van der Waals surface area contributed by atoms with Crippen LogP contribution in [0.2, 0.25) is 0 Å². The molecule has 5 nitrogen and oxygen atoms in total. The first-order valence-electron chi connectivity index (χ1n) is 8.74. The molecular formula is C21H28N2O3S. The summed E-state index contributed by atoms with van der Waals surface area (Å²) >= 11 is 4.74. The molecule has 1 aromatic carbocycles. The average molecular weight is 389 g/mol. The molecule has 1 rings (SSSR count). The number of rotatable bonds is 7. The highest BCUT2D eigenvalue weighted by molar-refractivity contribution is 7.79. The van der Waals surface area contributed by atoms with E-state index < -0.39 is 17.7 Å². The number of benzene rings is 1. The molecule has 0 saturated heterocycles. The first-order chi connectivity index (χ1) is 12.6. The third-order valence-corrected chi connectivity index (χ3v) is 3.82. The van der Waals surface area contributed by atoms with Crippen LogP contribution in [0.25, 0.3) is 0 Å². The van der Waals surface area contributed by atoms with Crippen molar-refractivity contribution in [2.24, 2.45) is 0 Å². The second kappa shape index (κ2) is 10.6. The molecule has 0 spiro atoms. The van der Waals surface area contributed by atoms with Gasteiger partial charge in [-0.1, -0.05) is 54.7 Å². The van der Waals surface area contributed by atoms with Crippen LogP contribution in [0, 0.1) is 0 Å². The van der Waals surface area contributed by atoms with Crippen LogP contribution in [0.5, 0.6) is 0 Å². The molecule has 0 fully saturated rings. The quantitative estimate of drug-likeness (QED) is 0.435. The highest BCUT2D eigenvalue weighted by atomic mass is 32.1. The van der Waals surface area contributed by atoms with Crippen molar-refractivity contribution >= 4 is 29.6 Å². The van der Waals surface area contributed by atoms with Gasteiger partial charge in [-0.15, -0.1) is 0 Å². The zero-order chi connectivity index (χ0) is 20.4. The predicted molar refractivity (Wildman–Crippen MR) is 113 cm³/mol. The van der Waals surface area contributed by atoms with Gasteiger partial charge in [0.05, 0.1) is 0 Å². The second-order valence-electron chi connectivity index (χ2n) is 7.11. The summed E-state index contributed by atoms with van der Waals surface area (Å²) < 4.78 is 5.31. The van der Waals surface area contributed by atoms with Crippen LogP contribution in [0.1, 0.15) is 33.3 Å². The second-order valence-corrected chi connectivity index (χ2v) is 7.39. The summed E-state index contributed by atoms with van der Waals surface area (Å²) in [7, 11) is 1.67. The van der Waals surface area contributed by atoms with Crippen LogP contribution in [-0.2, 0) is 16.0 Å². The largest absolute Gasteiger partial charge is 0.444 e. The fourth-order valence-corrected chi connectivity index (χ4v) is 2.35. The van der Waals surface area contributed by atoms with Crippen molar-refractivity contribution in [2.45, 2.75) is 45.8 Å². The number of allylic oxidation sites excluding steroid dienone is 4. The molecule has 0 bridgehead atoms. The fourth-order valence-electron chi connectivity index (χ4n) is 2.26. The van der Waals surface area contributed by atoms with Gasteiger partial charge < -0.3 is 15.0 Å². The van der Waals surface area contributed by atoms with Gasteiger partial charge in [-0.2, -0.15) is 0 Å². The van der Waals surface area contributed by atoms with E-state index in [9.17, 15) is 9.59 Å². The summed E-state index contributed by atoms with van der Waals surface area (Å²) in [5.41, 5.74) is 1.04. The number of nitrogens with zero attached hydrogens (tertiary/aromatic N) is 1. The Labute approximate surface area is 167 Å². The highest BCUT2D eigenvalue weighted by Gasteiger charge is 2.27. The standard InChI is InChI=1S/C21H28N2O3S/c1-16(11-9-10-14-27)23(5)19(24)18(15-17-12-7-6-8-13-17)22-20(25)26-21(2,3)4/h6-14,18H,15H2,1-5H3,(H,22,25)/b10-9-,16-11+/t18-/m0/s1. The molecule has 6 heteroatoms. The van der Waals surface area contributed by atoms with E-state index in [0.717, 1.165) is 11.3 Å². The van der Waals surface area contributed by atoms with Gasteiger partial charge in [0.25, 0.3) is 0 Å². The number of ether oxygens (including phenoxy) is 1. The van der Waals surface area contributed by atoms with Crippen LogP contribution < -0.4 is 5.32 Å². The number of carbonyl (C=O) groups excluding carboxylic acids is 2. The number of carbonyl (C=O) groups is 2.